The summed E-state index contributed by atoms with van der Waals surface area (Å²) < 4.78 is 5.42. The van der Waals surface area contributed by atoms with Gasteiger partial charge in [0.25, 0.3) is 5.91 Å². The molecule has 0 saturated heterocycles. The monoisotopic (exact) mass is 312 g/mol. The highest BCUT2D eigenvalue weighted by molar-refractivity contribution is 9.09. The molecular formula is C12H13BrN2O3. The van der Waals surface area contributed by atoms with E-state index in [4.69, 9.17) is 4.74 Å². The number of nitrogens with one attached hydrogen (secondary N) is 2. The number of alkyl halides is 1. The van der Waals surface area contributed by atoms with Crippen LogP contribution in [0.15, 0.2) is 18.2 Å². The SMILES string of the molecule is CC1Oc2ccc(NC(=O)CCBr)cc2NC1=O. The molecule has 2 rings (SSSR count). The Bertz CT molecular complexity index is 490. The van der Waals surface area contributed by atoms with Crippen molar-refractivity contribution in [3.8, 4) is 5.75 Å². The molecule has 96 valence electrons. The minimum absolute atomic E-state index is 0.0803. The zero-order chi connectivity index (χ0) is 13.1. The van der Waals surface area contributed by atoms with Crippen molar-refractivity contribution in [2.45, 2.75) is 19.4 Å². The third-order valence-electron chi connectivity index (χ3n) is 2.52. The van der Waals surface area contributed by atoms with Crippen molar-refractivity contribution < 1.29 is 14.3 Å². The number of carbonyl (C=O) groups excluding carboxylic acids is 2. The highest BCUT2D eigenvalue weighted by atomic mass is 79.9. The van der Waals surface area contributed by atoms with Gasteiger partial charge >= 0.3 is 0 Å². The lowest BCUT2D eigenvalue weighted by atomic mass is 10.2. The fourth-order valence-corrected chi connectivity index (χ4v) is 1.96. The van der Waals surface area contributed by atoms with Gasteiger partial charge in [-0.25, -0.2) is 0 Å². The van der Waals surface area contributed by atoms with Crippen LogP contribution in [0.1, 0.15) is 13.3 Å². The van der Waals surface area contributed by atoms with Crippen molar-refractivity contribution in [1.29, 1.82) is 0 Å². The van der Waals surface area contributed by atoms with Crippen molar-refractivity contribution in [3.63, 3.8) is 0 Å². The van der Waals surface area contributed by atoms with Gasteiger partial charge in [-0.3, -0.25) is 9.59 Å². The van der Waals surface area contributed by atoms with E-state index >= 15 is 0 Å². The molecule has 1 aromatic carbocycles. The van der Waals surface area contributed by atoms with Gasteiger partial charge in [0.05, 0.1) is 5.69 Å². The summed E-state index contributed by atoms with van der Waals surface area (Å²) in [5, 5.41) is 6.09. The van der Waals surface area contributed by atoms with Crippen LogP contribution in [-0.4, -0.2) is 23.2 Å². The van der Waals surface area contributed by atoms with Crippen LogP contribution in [0.5, 0.6) is 5.75 Å². The van der Waals surface area contributed by atoms with Crippen molar-refractivity contribution in [3.05, 3.63) is 18.2 Å². The van der Waals surface area contributed by atoms with Gasteiger partial charge in [-0.1, -0.05) is 15.9 Å². The molecule has 0 aromatic heterocycles. The van der Waals surface area contributed by atoms with Gasteiger partial charge in [-0.05, 0) is 25.1 Å². The van der Waals surface area contributed by atoms with E-state index in [0.717, 1.165) is 0 Å². The Morgan fingerprint density at radius 1 is 1.56 bits per heavy atom. The molecule has 1 heterocycles. The molecule has 0 spiro atoms. The topological polar surface area (TPSA) is 67.4 Å². The van der Waals surface area contributed by atoms with E-state index in [-0.39, 0.29) is 11.8 Å². The maximum absolute atomic E-state index is 11.5. The summed E-state index contributed by atoms with van der Waals surface area (Å²) in [6.45, 7) is 1.68. The minimum atomic E-state index is -0.494. The Kier molecular flexibility index (Phi) is 3.86. The zero-order valence-corrected chi connectivity index (χ0v) is 11.4. The third-order valence-corrected chi connectivity index (χ3v) is 2.91. The average molecular weight is 313 g/mol. The number of halogens is 1. The van der Waals surface area contributed by atoms with Crippen LogP contribution in [0.25, 0.3) is 0 Å². The summed E-state index contributed by atoms with van der Waals surface area (Å²) in [6, 6.07) is 5.16. The van der Waals surface area contributed by atoms with Crippen LogP contribution in [0.4, 0.5) is 11.4 Å². The van der Waals surface area contributed by atoms with Crippen LogP contribution in [-0.2, 0) is 9.59 Å². The maximum Gasteiger partial charge on any atom is 0.265 e. The number of amides is 2. The molecule has 0 saturated carbocycles. The summed E-state index contributed by atoms with van der Waals surface area (Å²) in [5.41, 5.74) is 1.22. The van der Waals surface area contributed by atoms with E-state index in [1.807, 2.05) is 0 Å². The van der Waals surface area contributed by atoms with Crippen LogP contribution in [0.2, 0.25) is 0 Å². The van der Waals surface area contributed by atoms with Gasteiger partial charge in [0.1, 0.15) is 5.75 Å². The van der Waals surface area contributed by atoms with Crippen LogP contribution >= 0.6 is 15.9 Å². The van der Waals surface area contributed by atoms with E-state index in [2.05, 4.69) is 26.6 Å². The lowest BCUT2D eigenvalue weighted by Crippen LogP contribution is -2.34. The van der Waals surface area contributed by atoms with Crippen LogP contribution in [0, 0.1) is 0 Å². The lowest BCUT2D eigenvalue weighted by molar-refractivity contribution is -0.122. The predicted molar refractivity (Wildman–Crippen MR) is 72.2 cm³/mol. The number of ether oxygens (including phenoxy) is 1. The van der Waals surface area contributed by atoms with Gasteiger partial charge in [-0.15, -0.1) is 0 Å². The molecule has 2 N–H and O–H groups in total. The van der Waals surface area contributed by atoms with E-state index in [9.17, 15) is 9.59 Å². The minimum Gasteiger partial charge on any atom is -0.479 e. The predicted octanol–water partition coefficient (Wildman–Crippen LogP) is 2.13. The molecule has 0 radical (unpaired) electrons. The second-order valence-electron chi connectivity index (χ2n) is 3.95. The Morgan fingerprint density at radius 2 is 2.33 bits per heavy atom. The normalized spacial score (nSPS) is 17.4. The second-order valence-corrected chi connectivity index (χ2v) is 4.74. The van der Waals surface area contributed by atoms with Crippen molar-refractivity contribution >= 4 is 39.1 Å². The van der Waals surface area contributed by atoms with E-state index in [0.29, 0.717) is 28.9 Å². The Labute approximate surface area is 113 Å². The van der Waals surface area contributed by atoms with Crippen molar-refractivity contribution in [1.82, 2.24) is 0 Å². The Hall–Kier alpha value is -1.56. The third kappa shape index (κ3) is 2.81. The molecular weight excluding hydrogens is 300 g/mol. The molecule has 2 amide bonds. The fraction of sp³-hybridized carbons (Fsp3) is 0.333. The van der Waals surface area contributed by atoms with Gasteiger partial charge in [-0.2, -0.15) is 0 Å². The van der Waals surface area contributed by atoms with Crippen LogP contribution in [0.3, 0.4) is 0 Å². The maximum atomic E-state index is 11.5. The number of hydrogen-bond donors (Lipinski definition) is 2. The standard InChI is InChI=1S/C12H13BrN2O3/c1-7-12(17)15-9-6-8(2-3-10(9)18-7)14-11(16)4-5-13/h2-3,6-7H,4-5H2,1H3,(H,14,16)(H,15,17). The Morgan fingerprint density at radius 3 is 3.06 bits per heavy atom. The van der Waals surface area contributed by atoms with Crippen molar-refractivity contribution in [2.24, 2.45) is 0 Å². The molecule has 1 aromatic rings. The molecule has 18 heavy (non-hydrogen) atoms. The summed E-state index contributed by atoms with van der Waals surface area (Å²) in [4.78, 5) is 22.9. The van der Waals surface area contributed by atoms with Crippen molar-refractivity contribution in [2.75, 3.05) is 16.0 Å². The molecule has 1 aliphatic heterocycles. The first-order valence-electron chi connectivity index (χ1n) is 5.57. The molecule has 1 unspecified atom stereocenters. The number of fused-ring (bicyclic) bond motifs is 1. The zero-order valence-electron chi connectivity index (χ0n) is 9.83. The largest absolute Gasteiger partial charge is 0.479 e. The first-order chi connectivity index (χ1) is 8.60. The summed E-state index contributed by atoms with van der Waals surface area (Å²) in [6.07, 6.45) is -0.0944. The molecule has 1 aliphatic rings. The highest BCUT2D eigenvalue weighted by Gasteiger charge is 2.23. The first-order valence-corrected chi connectivity index (χ1v) is 6.69. The highest BCUT2D eigenvalue weighted by Crippen LogP contribution is 2.32. The summed E-state index contributed by atoms with van der Waals surface area (Å²) >= 11 is 3.20. The molecule has 5 nitrogen and oxygen atoms in total. The van der Waals surface area contributed by atoms with E-state index in [1.54, 1.807) is 25.1 Å². The summed E-state index contributed by atoms with van der Waals surface area (Å²) in [5.74, 6) is 0.343. The molecule has 0 bridgehead atoms. The average Bonchev–Trinajstić information content (AvgIpc) is 2.31. The fourth-order valence-electron chi connectivity index (χ4n) is 1.60. The molecule has 0 fully saturated rings. The molecule has 6 heteroatoms. The number of benzene rings is 1. The van der Waals surface area contributed by atoms with E-state index in [1.165, 1.54) is 0 Å². The number of hydrogen-bond acceptors (Lipinski definition) is 3. The smallest absolute Gasteiger partial charge is 0.265 e. The molecule has 1 atom stereocenters. The number of carbonyl (C=O) groups is 2. The Balaban J connectivity index is 2.15. The van der Waals surface area contributed by atoms with Gasteiger partial charge in [0.15, 0.2) is 6.10 Å². The van der Waals surface area contributed by atoms with E-state index < -0.39 is 6.10 Å². The summed E-state index contributed by atoms with van der Waals surface area (Å²) in [7, 11) is 0. The number of anilines is 2. The van der Waals surface area contributed by atoms with Gasteiger partial charge in [0.2, 0.25) is 5.91 Å². The molecule has 0 aliphatic carbocycles. The van der Waals surface area contributed by atoms with Gasteiger partial charge < -0.3 is 15.4 Å². The quantitative estimate of drug-likeness (QED) is 0.840. The number of rotatable bonds is 3. The second kappa shape index (κ2) is 5.39. The van der Waals surface area contributed by atoms with Gasteiger partial charge in [0, 0.05) is 17.4 Å². The van der Waals surface area contributed by atoms with Crippen LogP contribution < -0.4 is 15.4 Å². The first kappa shape index (κ1) is 12.9. The lowest BCUT2D eigenvalue weighted by Gasteiger charge is -2.23.